The summed E-state index contributed by atoms with van der Waals surface area (Å²) in [5.74, 6) is -0.695. The molecule has 0 unspecified atom stereocenters. The van der Waals surface area contributed by atoms with Crippen LogP contribution in [0.25, 0.3) is 0 Å². The van der Waals surface area contributed by atoms with E-state index in [1.165, 1.54) is 0 Å². The highest BCUT2D eigenvalue weighted by molar-refractivity contribution is 6.45. The van der Waals surface area contributed by atoms with Crippen molar-refractivity contribution in [2.75, 3.05) is 18.4 Å². The van der Waals surface area contributed by atoms with Gasteiger partial charge in [0, 0.05) is 13.1 Å². The second-order valence-electron chi connectivity index (χ2n) is 6.05. The first-order valence-electron chi connectivity index (χ1n) is 7.26. The fraction of sp³-hybridized carbons (Fsp3) is 0.500. The predicted octanol–water partition coefficient (Wildman–Crippen LogP) is 4.07. The molecule has 1 aromatic rings. The van der Waals surface area contributed by atoms with Crippen molar-refractivity contribution in [3.05, 3.63) is 28.2 Å². The molecule has 0 aliphatic rings. The molecule has 0 aromatic heterocycles. The van der Waals surface area contributed by atoms with Gasteiger partial charge in [0.25, 0.3) is 0 Å². The van der Waals surface area contributed by atoms with Gasteiger partial charge in [-0.1, -0.05) is 57.0 Å². The van der Waals surface area contributed by atoms with Crippen molar-refractivity contribution in [2.45, 2.75) is 27.7 Å². The first-order valence-corrected chi connectivity index (χ1v) is 8.02. The number of nitrogens with zero attached hydrogens (tertiary/aromatic N) is 1. The van der Waals surface area contributed by atoms with Crippen molar-refractivity contribution in [2.24, 2.45) is 11.8 Å². The Kier molecular flexibility index (Phi) is 7.17. The molecule has 1 rings (SSSR count). The molecule has 0 spiro atoms. The second kappa shape index (κ2) is 8.39. The molecule has 0 heterocycles. The molecule has 0 radical (unpaired) electrons. The van der Waals surface area contributed by atoms with Crippen LogP contribution in [0.1, 0.15) is 27.7 Å². The number of benzene rings is 1. The summed E-state index contributed by atoms with van der Waals surface area (Å²) in [6.07, 6.45) is 0. The zero-order valence-electron chi connectivity index (χ0n) is 13.3. The van der Waals surface area contributed by atoms with E-state index in [-0.39, 0.29) is 16.9 Å². The largest absolute Gasteiger partial charge is 0.334 e. The number of rotatable bonds is 5. The van der Waals surface area contributed by atoms with Crippen molar-refractivity contribution in [3.63, 3.8) is 0 Å². The van der Waals surface area contributed by atoms with E-state index in [2.05, 4.69) is 5.32 Å². The van der Waals surface area contributed by atoms with Gasteiger partial charge in [-0.2, -0.15) is 0 Å². The summed E-state index contributed by atoms with van der Waals surface area (Å²) in [5.41, 5.74) is 0.335. The normalized spacial score (nSPS) is 10.9. The van der Waals surface area contributed by atoms with Crippen molar-refractivity contribution < 1.29 is 9.59 Å². The van der Waals surface area contributed by atoms with Gasteiger partial charge in [0.15, 0.2) is 0 Å². The minimum absolute atomic E-state index is 0.226. The Labute approximate surface area is 141 Å². The predicted molar refractivity (Wildman–Crippen MR) is 91.3 cm³/mol. The van der Waals surface area contributed by atoms with Gasteiger partial charge in [-0.3, -0.25) is 9.59 Å². The molecule has 0 saturated heterocycles. The minimum Gasteiger partial charge on any atom is -0.334 e. The number of carbonyl (C=O) groups is 2. The highest BCUT2D eigenvalue weighted by atomic mass is 35.5. The number of nitrogens with one attached hydrogen (secondary N) is 1. The van der Waals surface area contributed by atoms with Crippen LogP contribution in [0.4, 0.5) is 5.69 Å². The third kappa shape index (κ3) is 5.50. The maximum Gasteiger partial charge on any atom is 0.313 e. The molecular weight excluding hydrogens is 323 g/mol. The van der Waals surface area contributed by atoms with Gasteiger partial charge < -0.3 is 10.2 Å². The zero-order valence-corrected chi connectivity index (χ0v) is 14.8. The molecular formula is C16H22Cl2N2O2. The van der Waals surface area contributed by atoms with Gasteiger partial charge in [0.05, 0.1) is 15.7 Å². The third-order valence-electron chi connectivity index (χ3n) is 2.85. The van der Waals surface area contributed by atoms with Crippen LogP contribution in [0.5, 0.6) is 0 Å². The maximum atomic E-state index is 12.4. The molecule has 0 atom stereocenters. The Balaban J connectivity index is 2.84. The number of anilines is 1. The number of amides is 2. The molecule has 2 amide bonds. The quantitative estimate of drug-likeness (QED) is 0.818. The standard InChI is InChI=1S/C16H22Cl2N2O2/c1-10(2)8-20(9-11(3)4)16(22)15(21)19-13-7-5-6-12(17)14(13)18/h5-7,10-11H,8-9H2,1-4H3,(H,19,21). The average molecular weight is 345 g/mol. The lowest BCUT2D eigenvalue weighted by Gasteiger charge is -2.25. The lowest BCUT2D eigenvalue weighted by Crippen LogP contribution is -2.43. The fourth-order valence-electron chi connectivity index (χ4n) is 2.04. The SMILES string of the molecule is CC(C)CN(CC(C)C)C(=O)C(=O)Nc1cccc(Cl)c1Cl. The van der Waals surface area contributed by atoms with Crippen molar-refractivity contribution in [1.29, 1.82) is 0 Å². The molecule has 1 aromatic carbocycles. The maximum absolute atomic E-state index is 12.4. The van der Waals surface area contributed by atoms with Crippen molar-refractivity contribution in [3.8, 4) is 0 Å². The summed E-state index contributed by atoms with van der Waals surface area (Å²) >= 11 is 11.9. The summed E-state index contributed by atoms with van der Waals surface area (Å²) < 4.78 is 0. The van der Waals surface area contributed by atoms with Gasteiger partial charge in [-0.05, 0) is 24.0 Å². The Morgan fingerprint density at radius 2 is 1.64 bits per heavy atom. The van der Waals surface area contributed by atoms with E-state index >= 15 is 0 Å². The van der Waals surface area contributed by atoms with Crippen molar-refractivity contribution in [1.82, 2.24) is 4.90 Å². The smallest absolute Gasteiger partial charge is 0.313 e. The lowest BCUT2D eigenvalue weighted by atomic mass is 10.1. The van der Waals surface area contributed by atoms with Crippen LogP contribution in [0.15, 0.2) is 18.2 Å². The van der Waals surface area contributed by atoms with Crippen LogP contribution in [0.3, 0.4) is 0 Å². The Bertz CT molecular complexity index is 535. The summed E-state index contributed by atoms with van der Waals surface area (Å²) in [5, 5.41) is 3.08. The molecule has 0 aliphatic heterocycles. The second-order valence-corrected chi connectivity index (χ2v) is 6.84. The van der Waals surface area contributed by atoms with Crippen LogP contribution in [0, 0.1) is 11.8 Å². The molecule has 4 nitrogen and oxygen atoms in total. The Morgan fingerprint density at radius 1 is 1.09 bits per heavy atom. The van der Waals surface area contributed by atoms with Gasteiger partial charge in [-0.15, -0.1) is 0 Å². The Morgan fingerprint density at radius 3 is 2.14 bits per heavy atom. The van der Waals surface area contributed by atoms with E-state index in [1.807, 2.05) is 27.7 Å². The van der Waals surface area contributed by atoms with E-state index in [1.54, 1.807) is 23.1 Å². The van der Waals surface area contributed by atoms with Gasteiger partial charge >= 0.3 is 11.8 Å². The third-order valence-corrected chi connectivity index (χ3v) is 3.67. The highest BCUT2D eigenvalue weighted by Crippen LogP contribution is 2.29. The molecule has 0 aliphatic carbocycles. The monoisotopic (exact) mass is 344 g/mol. The van der Waals surface area contributed by atoms with E-state index in [0.29, 0.717) is 23.8 Å². The Hall–Kier alpha value is -1.26. The number of halogens is 2. The summed E-state index contributed by atoms with van der Waals surface area (Å²) in [4.78, 5) is 26.1. The molecule has 0 fully saturated rings. The zero-order chi connectivity index (χ0) is 16.9. The lowest BCUT2D eigenvalue weighted by molar-refractivity contribution is -0.143. The van der Waals surface area contributed by atoms with Gasteiger partial charge in [0.1, 0.15) is 0 Å². The number of carbonyl (C=O) groups excluding carboxylic acids is 2. The molecule has 6 heteroatoms. The molecule has 0 bridgehead atoms. The topological polar surface area (TPSA) is 49.4 Å². The van der Waals surface area contributed by atoms with Crippen molar-refractivity contribution >= 4 is 40.7 Å². The van der Waals surface area contributed by atoms with E-state index < -0.39 is 11.8 Å². The summed E-state index contributed by atoms with van der Waals surface area (Å²) in [6, 6.07) is 4.88. The minimum atomic E-state index is -0.703. The van der Waals surface area contributed by atoms with Gasteiger partial charge in [-0.25, -0.2) is 0 Å². The first-order chi connectivity index (χ1) is 10.2. The van der Waals surface area contributed by atoms with Crippen LogP contribution >= 0.6 is 23.2 Å². The van der Waals surface area contributed by atoms with Gasteiger partial charge in [0.2, 0.25) is 0 Å². The average Bonchev–Trinajstić information content (AvgIpc) is 2.41. The number of hydrogen-bond donors (Lipinski definition) is 1. The van der Waals surface area contributed by atoms with Crippen LogP contribution in [0.2, 0.25) is 10.0 Å². The summed E-state index contributed by atoms with van der Waals surface area (Å²) in [7, 11) is 0. The van der Waals surface area contributed by atoms with E-state index in [0.717, 1.165) is 0 Å². The van der Waals surface area contributed by atoms with Crippen LogP contribution in [-0.4, -0.2) is 29.8 Å². The highest BCUT2D eigenvalue weighted by Gasteiger charge is 2.24. The summed E-state index contributed by atoms with van der Waals surface area (Å²) in [6.45, 7) is 9.10. The first kappa shape index (κ1) is 18.8. The molecule has 122 valence electrons. The van der Waals surface area contributed by atoms with E-state index in [4.69, 9.17) is 23.2 Å². The molecule has 0 saturated carbocycles. The van der Waals surface area contributed by atoms with Crippen LogP contribution < -0.4 is 5.32 Å². The fourth-order valence-corrected chi connectivity index (χ4v) is 2.39. The van der Waals surface area contributed by atoms with Crippen LogP contribution in [-0.2, 0) is 9.59 Å². The molecule has 22 heavy (non-hydrogen) atoms. The molecule has 1 N–H and O–H groups in total. The number of hydrogen-bond acceptors (Lipinski definition) is 2. The van der Waals surface area contributed by atoms with E-state index in [9.17, 15) is 9.59 Å².